The molecule has 0 fully saturated rings. The molecule has 0 N–H and O–H groups in total. The zero-order valence-electron chi connectivity index (χ0n) is 15.1. The van der Waals surface area contributed by atoms with Crippen LogP contribution in [0.4, 0.5) is 4.39 Å². The Morgan fingerprint density at radius 3 is 2.00 bits per heavy atom. The summed E-state index contributed by atoms with van der Waals surface area (Å²) in [5.41, 5.74) is 0.706. The van der Waals surface area contributed by atoms with Crippen LogP contribution in [0.15, 0.2) is 48.5 Å². The van der Waals surface area contributed by atoms with Gasteiger partial charge in [-0.2, -0.15) is 0 Å². The van der Waals surface area contributed by atoms with Crippen molar-refractivity contribution >= 4 is 21.6 Å². The summed E-state index contributed by atoms with van der Waals surface area (Å²) in [6.07, 6.45) is -0.231. The zero-order chi connectivity index (χ0) is 20.0. The van der Waals surface area contributed by atoms with Gasteiger partial charge >= 0.3 is 5.97 Å². The Morgan fingerprint density at radius 2 is 1.48 bits per heavy atom. The number of ketones is 1. The van der Waals surface area contributed by atoms with E-state index in [2.05, 4.69) is 0 Å². The van der Waals surface area contributed by atoms with Gasteiger partial charge in [0, 0.05) is 11.1 Å². The number of hydrogen-bond acceptors (Lipinski definition) is 5. The SMILES string of the molecule is CC(C)CS(=O)(=O)CCC(=O)Oc1ccc(C(=O)c2ccc(F)cc2)cc1. The van der Waals surface area contributed by atoms with Crippen molar-refractivity contribution in [2.75, 3.05) is 11.5 Å². The van der Waals surface area contributed by atoms with Gasteiger partial charge in [-0.05, 0) is 54.4 Å². The monoisotopic (exact) mass is 392 g/mol. The molecule has 0 aliphatic carbocycles. The molecular weight excluding hydrogens is 371 g/mol. The second kappa shape index (κ2) is 8.90. The number of ether oxygens (including phenoxy) is 1. The number of rotatable bonds is 8. The normalized spacial score (nSPS) is 11.4. The Kier molecular flexibility index (Phi) is 6.85. The second-order valence-electron chi connectivity index (χ2n) is 6.59. The van der Waals surface area contributed by atoms with Crippen LogP contribution in [0.5, 0.6) is 5.75 Å². The van der Waals surface area contributed by atoms with Crippen LogP contribution in [0.1, 0.15) is 36.2 Å². The predicted octanol–water partition coefficient (Wildman–Crippen LogP) is 3.42. The third-order valence-electron chi connectivity index (χ3n) is 3.66. The van der Waals surface area contributed by atoms with E-state index in [1.54, 1.807) is 13.8 Å². The van der Waals surface area contributed by atoms with Gasteiger partial charge in [0.25, 0.3) is 0 Å². The predicted molar refractivity (Wildman–Crippen MR) is 100 cm³/mol. The molecule has 0 saturated heterocycles. The van der Waals surface area contributed by atoms with Crippen molar-refractivity contribution in [2.45, 2.75) is 20.3 Å². The van der Waals surface area contributed by atoms with Gasteiger partial charge in [0.2, 0.25) is 0 Å². The minimum absolute atomic E-state index is 0.00258. The number of halogens is 1. The molecule has 7 heteroatoms. The van der Waals surface area contributed by atoms with Crippen molar-refractivity contribution in [3.63, 3.8) is 0 Å². The van der Waals surface area contributed by atoms with Gasteiger partial charge in [0.15, 0.2) is 15.6 Å². The van der Waals surface area contributed by atoms with Crippen molar-refractivity contribution in [1.29, 1.82) is 0 Å². The maximum Gasteiger partial charge on any atom is 0.312 e. The van der Waals surface area contributed by atoms with Crippen molar-refractivity contribution in [2.24, 2.45) is 5.92 Å². The summed E-state index contributed by atoms with van der Waals surface area (Å²) in [5, 5.41) is 0. The zero-order valence-corrected chi connectivity index (χ0v) is 16.0. The highest BCUT2D eigenvalue weighted by Crippen LogP contribution is 2.16. The lowest BCUT2D eigenvalue weighted by atomic mass is 10.0. The van der Waals surface area contributed by atoms with Crippen molar-refractivity contribution in [3.8, 4) is 5.75 Å². The molecule has 0 atom stereocenters. The summed E-state index contributed by atoms with van der Waals surface area (Å²) < 4.78 is 41.6. The smallest absolute Gasteiger partial charge is 0.312 e. The number of sulfone groups is 1. The first-order valence-electron chi connectivity index (χ1n) is 8.48. The third-order valence-corrected chi connectivity index (χ3v) is 5.66. The molecule has 0 bridgehead atoms. The van der Waals surface area contributed by atoms with E-state index in [4.69, 9.17) is 4.74 Å². The molecule has 5 nitrogen and oxygen atoms in total. The molecular formula is C20H21FO5S. The van der Waals surface area contributed by atoms with E-state index in [9.17, 15) is 22.4 Å². The molecule has 0 saturated carbocycles. The van der Waals surface area contributed by atoms with E-state index in [1.807, 2.05) is 0 Å². The van der Waals surface area contributed by atoms with Crippen molar-refractivity contribution in [3.05, 3.63) is 65.5 Å². The molecule has 27 heavy (non-hydrogen) atoms. The molecule has 0 aromatic heterocycles. The van der Waals surface area contributed by atoms with E-state index in [1.165, 1.54) is 48.5 Å². The van der Waals surface area contributed by atoms with E-state index in [0.29, 0.717) is 11.1 Å². The molecule has 0 aliphatic rings. The highest BCUT2D eigenvalue weighted by molar-refractivity contribution is 7.91. The third kappa shape index (κ3) is 6.60. The number of benzene rings is 2. The first-order chi connectivity index (χ1) is 12.7. The molecule has 0 radical (unpaired) electrons. The first-order valence-corrected chi connectivity index (χ1v) is 10.3. The summed E-state index contributed by atoms with van der Waals surface area (Å²) in [7, 11) is -3.29. The molecule has 2 rings (SSSR count). The van der Waals surface area contributed by atoms with Crippen LogP contribution < -0.4 is 4.74 Å². The Hall–Kier alpha value is -2.54. The summed E-state index contributed by atoms with van der Waals surface area (Å²) in [5.74, 6) is -1.38. The van der Waals surface area contributed by atoms with Gasteiger partial charge in [0.05, 0.1) is 17.9 Å². The molecule has 2 aromatic rings. The number of esters is 1. The molecule has 0 spiro atoms. The summed E-state index contributed by atoms with van der Waals surface area (Å²) >= 11 is 0. The van der Waals surface area contributed by atoms with Crippen LogP contribution in [0.3, 0.4) is 0 Å². The van der Waals surface area contributed by atoms with Crippen LogP contribution in [0, 0.1) is 11.7 Å². The van der Waals surface area contributed by atoms with Crippen LogP contribution in [0.2, 0.25) is 0 Å². The number of hydrogen-bond donors (Lipinski definition) is 0. The molecule has 0 unspecified atom stereocenters. The lowest BCUT2D eigenvalue weighted by Crippen LogP contribution is -2.19. The highest BCUT2D eigenvalue weighted by Gasteiger charge is 2.17. The van der Waals surface area contributed by atoms with Crippen molar-refractivity contribution < 1.29 is 27.1 Å². The van der Waals surface area contributed by atoms with E-state index in [0.717, 1.165) is 0 Å². The Morgan fingerprint density at radius 1 is 0.963 bits per heavy atom. The molecule has 0 amide bonds. The van der Waals surface area contributed by atoms with Gasteiger partial charge in [-0.15, -0.1) is 0 Å². The summed E-state index contributed by atoms with van der Waals surface area (Å²) in [4.78, 5) is 24.1. The Bertz CT molecular complexity index is 900. The van der Waals surface area contributed by atoms with Gasteiger partial charge in [0.1, 0.15) is 11.6 Å². The van der Waals surface area contributed by atoms with Gasteiger partial charge < -0.3 is 4.74 Å². The van der Waals surface area contributed by atoms with E-state index >= 15 is 0 Å². The van der Waals surface area contributed by atoms with Crippen LogP contribution in [-0.4, -0.2) is 31.7 Å². The quantitative estimate of drug-likeness (QED) is 0.391. The van der Waals surface area contributed by atoms with E-state index in [-0.39, 0.29) is 35.4 Å². The van der Waals surface area contributed by atoms with Gasteiger partial charge in [-0.3, -0.25) is 9.59 Å². The fraction of sp³-hybridized carbons (Fsp3) is 0.300. The molecule has 2 aromatic carbocycles. The minimum Gasteiger partial charge on any atom is -0.427 e. The molecule has 0 heterocycles. The first kappa shape index (κ1) is 20.8. The number of carbonyl (C=O) groups is 2. The summed E-state index contributed by atoms with van der Waals surface area (Å²) in [6, 6.07) is 11.1. The topological polar surface area (TPSA) is 77.5 Å². The lowest BCUT2D eigenvalue weighted by Gasteiger charge is -2.08. The van der Waals surface area contributed by atoms with Crippen LogP contribution in [-0.2, 0) is 14.6 Å². The highest BCUT2D eigenvalue weighted by atomic mass is 32.2. The average molecular weight is 392 g/mol. The standard InChI is InChI=1S/C20H21FO5S/c1-14(2)13-27(24,25)12-11-19(22)26-18-9-5-16(6-10-18)20(23)15-3-7-17(21)8-4-15/h3-10,14H,11-13H2,1-2H3. The molecule has 144 valence electrons. The minimum atomic E-state index is -3.29. The molecule has 0 aliphatic heterocycles. The van der Waals surface area contributed by atoms with Gasteiger partial charge in [-0.25, -0.2) is 12.8 Å². The number of carbonyl (C=O) groups excluding carboxylic acids is 2. The maximum absolute atomic E-state index is 12.9. The lowest BCUT2D eigenvalue weighted by molar-refractivity contribution is -0.133. The largest absolute Gasteiger partial charge is 0.427 e. The maximum atomic E-state index is 12.9. The van der Waals surface area contributed by atoms with Crippen LogP contribution in [0.25, 0.3) is 0 Å². The Balaban J connectivity index is 1.94. The van der Waals surface area contributed by atoms with Gasteiger partial charge in [-0.1, -0.05) is 13.8 Å². The van der Waals surface area contributed by atoms with Crippen LogP contribution >= 0.6 is 0 Å². The van der Waals surface area contributed by atoms with E-state index < -0.39 is 21.6 Å². The van der Waals surface area contributed by atoms with Crippen molar-refractivity contribution in [1.82, 2.24) is 0 Å². The average Bonchev–Trinajstić information content (AvgIpc) is 2.60. The fourth-order valence-corrected chi connectivity index (χ4v) is 4.11. The Labute approximate surface area is 158 Å². The summed E-state index contributed by atoms with van der Waals surface area (Å²) in [6.45, 7) is 3.59. The fourth-order valence-electron chi connectivity index (χ4n) is 2.45. The second-order valence-corrected chi connectivity index (χ2v) is 8.82.